The molecule has 0 amide bonds. The SMILES string of the molecule is C=CN=NC(=C)OC(=C)N=NC(=C)C. The van der Waals surface area contributed by atoms with Gasteiger partial charge < -0.3 is 4.74 Å². The number of ether oxygens (including phenoxy) is 1. The summed E-state index contributed by atoms with van der Waals surface area (Å²) in [6.45, 7) is 15.5. The maximum absolute atomic E-state index is 4.90. The molecule has 0 saturated heterocycles. The molecule has 0 aromatic rings. The Morgan fingerprint density at radius 1 is 1.07 bits per heavy atom. The predicted octanol–water partition coefficient (Wildman–Crippen LogP) is 3.53. The molecule has 0 spiro atoms. The van der Waals surface area contributed by atoms with Crippen LogP contribution >= 0.6 is 0 Å². The van der Waals surface area contributed by atoms with E-state index in [1.165, 1.54) is 6.20 Å². The van der Waals surface area contributed by atoms with Crippen molar-refractivity contribution in [1.82, 2.24) is 0 Å². The molecule has 0 fully saturated rings. The second-order valence-electron chi connectivity index (χ2n) is 2.22. The molecule has 0 aliphatic heterocycles. The van der Waals surface area contributed by atoms with Crippen molar-refractivity contribution in [1.29, 1.82) is 0 Å². The van der Waals surface area contributed by atoms with Crippen LogP contribution in [0, 0.1) is 0 Å². The van der Waals surface area contributed by atoms with Crippen LogP contribution in [-0.4, -0.2) is 0 Å². The van der Waals surface area contributed by atoms with Gasteiger partial charge in [0.05, 0.1) is 5.70 Å². The van der Waals surface area contributed by atoms with Crippen molar-refractivity contribution >= 4 is 0 Å². The van der Waals surface area contributed by atoms with Gasteiger partial charge in [-0.1, -0.05) is 13.2 Å². The summed E-state index contributed by atoms with van der Waals surface area (Å²) < 4.78 is 4.90. The van der Waals surface area contributed by atoms with Gasteiger partial charge in [0.2, 0.25) is 11.8 Å². The quantitative estimate of drug-likeness (QED) is 0.469. The maximum Gasteiger partial charge on any atom is 0.233 e. The summed E-state index contributed by atoms with van der Waals surface area (Å²) in [5.74, 6) is 0.136. The number of nitrogens with zero attached hydrogens (tertiary/aromatic N) is 4. The van der Waals surface area contributed by atoms with E-state index in [-0.39, 0.29) is 11.8 Å². The van der Waals surface area contributed by atoms with Gasteiger partial charge in [-0.2, -0.15) is 10.2 Å². The van der Waals surface area contributed by atoms with E-state index in [1.54, 1.807) is 6.92 Å². The zero-order chi connectivity index (χ0) is 11.0. The average Bonchev–Trinajstić information content (AvgIpc) is 2.11. The molecule has 0 heterocycles. The number of allylic oxidation sites excluding steroid dienone is 1. The first-order valence-corrected chi connectivity index (χ1v) is 3.71. The van der Waals surface area contributed by atoms with Crippen LogP contribution in [0.4, 0.5) is 0 Å². The minimum Gasteiger partial charge on any atom is -0.419 e. The molecule has 0 radical (unpaired) electrons. The summed E-state index contributed by atoms with van der Waals surface area (Å²) in [4.78, 5) is 0. The summed E-state index contributed by atoms with van der Waals surface area (Å²) in [6.07, 6.45) is 1.26. The molecule has 0 aliphatic rings. The fraction of sp³-hybridized carbons (Fsp3) is 0.111. The fourth-order valence-electron chi connectivity index (χ4n) is 0.423. The van der Waals surface area contributed by atoms with Crippen molar-refractivity contribution < 1.29 is 4.74 Å². The Balaban J connectivity index is 4.07. The molecule has 0 N–H and O–H groups in total. The van der Waals surface area contributed by atoms with Gasteiger partial charge in [0.25, 0.3) is 0 Å². The molecular weight excluding hydrogens is 180 g/mol. The standard InChI is InChI=1S/C9H12N4O/c1-6-10-12-8(4)14-9(5)13-11-7(2)3/h6H,1-2,4-5H2,3H3. The molecule has 0 aromatic heterocycles. The molecule has 0 aliphatic carbocycles. The molecule has 0 saturated carbocycles. The maximum atomic E-state index is 4.90. The zero-order valence-electron chi connectivity index (χ0n) is 8.10. The van der Waals surface area contributed by atoms with Gasteiger partial charge in [-0.3, -0.25) is 0 Å². The van der Waals surface area contributed by atoms with Crippen LogP contribution in [0.15, 0.2) is 70.4 Å². The van der Waals surface area contributed by atoms with E-state index in [0.29, 0.717) is 5.70 Å². The molecule has 0 bridgehead atoms. The lowest BCUT2D eigenvalue weighted by Gasteiger charge is -1.99. The number of hydrogen-bond donors (Lipinski definition) is 0. The van der Waals surface area contributed by atoms with E-state index in [2.05, 4.69) is 46.8 Å². The number of rotatable bonds is 6. The van der Waals surface area contributed by atoms with Crippen molar-refractivity contribution in [2.45, 2.75) is 6.92 Å². The van der Waals surface area contributed by atoms with E-state index in [4.69, 9.17) is 4.74 Å². The van der Waals surface area contributed by atoms with Gasteiger partial charge in [-0.25, -0.2) is 0 Å². The predicted molar refractivity (Wildman–Crippen MR) is 54.1 cm³/mol. The van der Waals surface area contributed by atoms with Gasteiger partial charge in [-0.15, -0.1) is 10.2 Å². The molecule has 0 aromatic carbocycles. The van der Waals surface area contributed by atoms with Gasteiger partial charge in [-0.05, 0) is 20.1 Å². The van der Waals surface area contributed by atoms with Crippen LogP contribution in [0.3, 0.4) is 0 Å². The highest BCUT2D eigenvalue weighted by Gasteiger charge is 1.94. The lowest BCUT2D eigenvalue weighted by Crippen LogP contribution is -1.84. The highest BCUT2D eigenvalue weighted by molar-refractivity contribution is 4.91. The molecule has 5 heteroatoms. The first kappa shape index (κ1) is 12.0. The van der Waals surface area contributed by atoms with Crippen molar-refractivity contribution in [2.75, 3.05) is 0 Å². The smallest absolute Gasteiger partial charge is 0.233 e. The van der Waals surface area contributed by atoms with Crippen molar-refractivity contribution in [2.24, 2.45) is 20.5 Å². The molecule has 0 unspecified atom stereocenters. The number of azo groups is 2. The number of hydrogen-bond acceptors (Lipinski definition) is 5. The minimum absolute atomic E-state index is 0.0653. The molecule has 74 valence electrons. The molecule has 5 nitrogen and oxygen atoms in total. The van der Waals surface area contributed by atoms with E-state index in [9.17, 15) is 0 Å². The highest BCUT2D eigenvalue weighted by atomic mass is 16.5. The Bertz CT molecular complexity index is 315. The highest BCUT2D eigenvalue weighted by Crippen LogP contribution is 2.07. The second-order valence-corrected chi connectivity index (χ2v) is 2.22. The van der Waals surface area contributed by atoms with E-state index in [1.807, 2.05) is 0 Å². The molecule has 0 atom stereocenters. The Morgan fingerprint density at radius 2 is 1.64 bits per heavy atom. The van der Waals surface area contributed by atoms with E-state index in [0.717, 1.165) is 0 Å². The third-order valence-corrected chi connectivity index (χ3v) is 0.819. The van der Waals surface area contributed by atoms with Crippen molar-refractivity contribution in [3.05, 3.63) is 50.0 Å². The van der Waals surface area contributed by atoms with Crippen LogP contribution in [-0.2, 0) is 4.74 Å². The van der Waals surface area contributed by atoms with Crippen LogP contribution < -0.4 is 0 Å². The fourth-order valence-corrected chi connectivity index (χ4v) is 0.423. The van der Waals surface area contributed by atoms with E-state index >= 15 is 0 Å². The summed E-state index contributed by atoms with van der Waals surface area (Å²) in [5.41, 5.74) is 0.549. The summed E-state index contributed by atoms with van der Waals surface area (Å²) in [7, 11) is 0. The summed E-state index contributed by atoms with van der Waals surface area (Å²) in [5, 5.41) is 14.2. The van der Waals surface area contributed by atoms with Crippen LogP contribution in [0.25, 0.3) is 0 Å². The van der Waals surface area contributed by atoms with Crippen LogP contribution in [0.1, 0.15) is 6.92 Å². The second kappa shape index (κ2) is 6.47. The Kier molecular flexibility index (Phi) is 5.53. The van der Waals surface area contributed by atoms with Crippen LogP contribution in [0.2, 0.25) is 0 Å². The largest absolute Gasteiger partial charge is 0.419 e. The zero-order valence-corrected chi connectivity index (χ0v) is 8.10. The third kappa shape index (κ3) is 6.66. The Labute approximate surface area is 82.9 Å². The lowest BCUT2D eigenvalue weighted by atomic mass is 10.6. The third-order valence-electron chi connectivity index (χ3n) is 0.819. The van der Waals surface area contributed by atoms with Gasteiger partial charge in [0.15, 0.2) is 0 Å². The monoisotopic (exact) mass is 192 g/mol. The van der Waals surface area contributed by atoms with Gasteiger partial charge in [0.1, 0.15) is 0 Å². The van der Waals surface area contributed by atoms with E-state index < -0.39 is 0 Å². The first-order chi connectivity index (χ1) is 6.56. The Hall–Kier alpha value is -2.04. The average molecular weight is 192 g/mol. The lowest BCUT2D eigenvalue weighted by molar-refractivity contribution is 0.294. The Morgan fingerprint density at radius 3 is 2.14 bits per heavy atom. The minimum atomic E-state index is 0.0653. The van der Waals surface area contributed by atoms with Gasteiger partial charge in [0, 0.05) is 6.20 Å². The molecule has 0 rings (SSSR count). The topological polar surface area (TPSA) is 58.7 Å². The first-order valence-electron chi connectivity index (χ1n) is 3.71. The summed E-state index contributed by atoms with van der Waals surface area (Å²) >= 11 is 0. The van der Waals surface area contributed by atoms with Crippen molar-refractivity contribution in [3.63, 3.8) is 0 Å². The van der Waals surface area contributed by atoms with Gasteiger partial charge >= 0.3 is 0 Å². The molecular formula is C9H12N4O. The van der Waals surface area contributed by atoms with Crippen LogP contribution in [0.5, 0.6) is 0 Å². The normalized spacial score (nSPS) is 10.4. The molecule has 14 heavy (non-hydrogen) atoms. The van der Waals surface area contributed by atoms with Crippen molar-refractivity contribution in [3.8, 4) is 0 Å². The summed E-state index contributed by atoms with van der Waals surface area (Å²) in [6, 6.07) is 0.